The van der Waals surface area contributed by atoms with Gasteiger partial charge in [-0.2, -0.15) is 0 Å². The highest BCUT2D eigenvalue weighted by Crippen LogP contribution is 2.39. The number of halogens is 1. The lowest BCUT2D eigenvalue weighted by molar-refractivity contribution is -0.118. The molecule has 31 heavy (non-hydrogen) atoms. The van der Waals surface area contributed by atoms with Crippen LogP contribution in [0.15, 0.2) is 36.4 Å². The molecule has 0 bridgehead atoms. The minimum Gasteiger partial charge on any atom is -0.494 e. The number of hydrogen-bond acceptors (Lipinski definition) is 6. The number of hydrogen-bond donors (Lipinski definition) is 0. The maximum Gasteiger partial charge on any atom is 0.233 e. The molecule has 0 aliphatic carbocycles. The van der Waals surface area contributed by atoms with Crippen molar-refractivity contribution in [1.29, 1.82) is 0 Å². The number of fused-ring (bicyclic) bond motifs is 1. The maximum absolute atomic E-state index is 13.4. The van der Waals surface area contributed by atoms with Crippen molar-refractivity contribution in [1.82, 2.24) is 4.98 Å². The highest BCUT2D eigenvalue weighted by Gasteiger charge is 2.27. The van der Waals surface area contributed by atoms with E-state index in [0.717, 1.165) is 35.5 Å². The number of amides is 1. The first-order valence-corrected chi connectivity index (χ1v) is 11.5. The summed E-state index contributed by atoms with van der Waals surface area (Å²) in [5, 5.41) is 1.20. The molecule has 1 atom stereocenters. The topological polar surface area (TPSA) is 60.9 Å². The average Bonchev–Trinajstić information content (AvgIpc) is 3.44. The van der Waals surface area contributed by atoms with E-state index in [-0.39, 0.29) is 18.4 Å². The normalized spacial score (nSPS) is 15.9. The van der Waals surface area contributed by atoms with Gasteiger partial charge in [0.25, 0.3) is 0 Å². The van der Waals surface area contributed by atoms with Crippen molar-refractivity contribution in [2.24, 2.45) is 0 Å². The van der Waals surface area contributed by atoms with Crippen molar-refractivity contribution in [2.45, 2.75) is 32.3 Å². The highest BCUT2D eigenvalue weighted by molar-refractivity contribution is 7.23. The summed E-state index contributed by atoms with van der Waals surface area (Å²) in [6.07, 6.45) is 2.21. The summed E-state index contributed by atoms with van der Waals surface area (Å²) in [6.45, 7) is 3.75. The quantitative estimate of drug-likeness (QED) is 0.467. The predicted molar refractivity (Wildman–Crippen MR) is 124 cm³/mol. The van der Waals surface area contributed by atoms with Crippen LogP contribution in [-0.2, 0) is 16.0 Å². The summed E-state index contributed by atoms with van der Waals surface area (Å²) >= 11 is 7.80. The second-order valence-corrected chi connectivity index (χ2v) is 8.70. The van der Waals surface area contributed by atoms with Gasteiger partial charge in [-0.25, -0.2) is 4.98 Å². The number of ether oxygens (including phenoxy) is 3. The molecule has 2 heterocycles. The van der Waals surface area contributed by atoms with E-state index in [9.17, 15) is 4.79 Å². The molecule has 3 aromatic rings. The molecule has 1 saturated heterocycles. The van der Waals surface area contributed by atoms with Gasteiger partial charge in [-0.05, 0) is 49.6 Å². The van der Waals surface area contributed by atoms with Crippen LogP contribution in [0.4, 0.5) is 5.13 Å². The van der Waals surface area contributed by atoms with E-state index in [1.165, 1.54) is 11.3 Å². The first kappa shape index (κ1) is 21.9. The molecule has 1 amide bonds. The van der Waals surface area contributed by atoms with Crippen molar-refractivity contribution >= 4 is 44.2 Å². The van der Waals surface area contributed by atoms with E-state index in [1.807, 2.05) is 31.2 Å². The Balaban J connectivity index is 1.63. The Kier molecular flexibility index (Phi) is 6.95. The van der Waals surface area contributed by atoms with E-state index in [0.29, 0.717) is 34.6 Å². The zero-order chi connectivity index (χ0) is 21.8. The van der Waals surface area contributed by atoms with Crippen molar-refractivity contribution < 1.29 is 19.0 Å². The first-order valence-electron chi connectivity index (χ1n) is 10.4. The number of nitrogens with zero attached hydrogens (tertiary/aromatic N) is 2. The van der Waals surface area contributed by atoms with Crippen LogP contribution in [0, 0.1) is 0 Å². The number of rotatable bonds is 8. The fourth-order valence-corrected chi connectivity index (χ4v) is 4.92. The number of methoxy groups -OCH3 is 1. The van der Waals surface area contributed by atoms with Crippen molar-refractivity contribution in [3.05, 3.63) is 47.0 Å². The second-order valence-electron chi connectivity index (χ2n) is 7.32. The summed E-state index contributed by atoms with van der Waals surface area (Å²) in [6, 6.07) is 11.2. The van der Waals surface area contributed by atoms with Gasteiger partial charge in [0.15, 0.2) is 5.13 Å². The zero-order valence-electron chi connectivity index (χ0n) is 17.6. The minimum absolute atomic E-state index is 0.00802. The van der Waals surface area contributed by atoms with E-state index in [2.05, 4.69) is 0 Å². The van der Waals surface area contributed by atoms with Crippen LogP contribution in [0.1, 0.15) is 25.3 Å². The second kappa shape index (κ2) is 9.85. The van der Waals surface area contributed by atoms with E-state index < -0.39 is 0 Å². The molecule has 164 valence electrons. The number of thiazole rings is 1. The highest BCUT2D eigenvalue weighted by atomic mass is 35.5. The first-order chi connectivity index (χ1) is 15.1. The van der Waals surface area contributed by atoms with Crippen LogP contribution < -0.4 is 14.4 Å². The van der Waals surface area contributed by atoms with Gasteiger partial charge in [0.1, 0.15) is 17.0 Å². The maximum atomic E-state index is 13.4. The molecule has 1 aliphatic rings. The van der Waals surface area contributed by atoms with Crippen LogP contribution >= 0.6 is 22.9 Å². The van der Waals surface area contributed by atoms with E-state index >= 15 is 0 Å². The smallest absolute Gasteiger partial charge is 0.233 e. The Morgan fingerprint density at radius 2 is 2.10 bits per heavy atom. The molecule has 0 saturated carbocycles. The van der Waals surface area contributed by atoms with Crippen LogP contribution in [-0.4, -0.2) is 43.9 Å². The largest absolute Gasteiger partial charge is 0.494 e. The van der Waals surface area contributed by atoms with Crippen LogP contribution in [0.2, 0.25) is 5.02 Å². The third kappa shape index (κ3) is 4.95. The molecule has 8 heteroatoms. The minimum atomic E-state index is -0.0335. The third-order valence-electron chi connectivity index (χ3n) is 5.20. The van der Waals surface area contributed by atoms with Crippen molar-refractivity contribution in [2.75, 3.05) is 31.8 Å². The fourth-order valence-electron chi connectivity index (χ4n) is 3.64. The lowest BCUT2D eigenvalue weighted by Crippen LogP contribution is -2.38. The van der Waals surface area contributed by atoms with Gasteiger partial charge >= 0.3 is 0 Å². The van der Waals surface area contributed by atoms with Gasteiger partial charge in [0.05, 0.1) is 42.5 Å². The standard InChI is InChI=1S/C23H25ClN2O4S/c1-3-29-16-8-6-15(7-9-16)13-20(27)26(14-17-5-4-12-30-17)23-25-21-19(28-2)11-10-18(24)22(21)31-23/h6-11,17H,3-5,12-14H2,1-2H3. The number of carbonyl (C=O) groups excluding carboxylic acids is 1. The van der Waals surface area contributed by atoms with Gasteiger partial charge in [-0.1, -0.05) is 35.1 Å². The fraction of sp³-hybridized carbons (Fsp3) is 0.391. The number of anilines is 1. The summed E-state index contributed by atoms with van der Waals surface area (Å²) in [7, 11) is 1.60. The molecule has 1 aliphatic heterocycles. The summed E-state index contributed by atoms with van der Waals surface area (Å²) < 4.78 is 17.5. The zero-order valence-corrected chi connectivity index (χ0v) is 19.2. The van der Waals surface area contributed by atoms with Crippen molar-refractivity contribution in [3.8, 4) is 11.5 Å². The van der Waals surface area contributed by atoms with Gasteiger partial charge in [0, 0.05) is 6.61 Å². The van der Waals surface area contributed by atoms with Gasteiger partial charge in [-0.15, -0.1) is 0 Å². The van der Waals surface area contributed by atoms with E-state index in [1.54, 1.807) is 24.1 Å². The van der Waals surface area contributed by atoms with Gasteiger partial charge in [0.2, 0.25) is 5.91 Å². The monoisotopic (exact) mass is 460 g/mol. The average molecular weight is 461 g/mol. The molecule has 4 rings (SSSR count). The predicted octanol–water partition coefficient (Wildman–Crippen LogP) is 5.11. The number of benzene rings is 2. The Labute approximate surface area is 190 Å². The Bertz CT molecular complexity index is 1050. The number of aromatic nitrogens is 1. The van der Waals surface area contributed by atoms with Crippen LogP contribution in [0.5, 0.6) is 11.5 Å². The Hall–Kier alpha value is -2.35. The molecular formula is C23H25ClN2O4S. The third-order valence-corrected chi connectivity index (χ3v) is 6.74. The van der Waals surface area contributed by atoms with Gasteiger partial charge in [-0.3, -0.25) is 9.69 Å². The summed E-state index contributed by atoms with van der Waals surface area (Å²) in [5.74, 6) is 1.40. The molecule has 1 unspecified atom stereocenters. The van der Waals surface area contributed by atoms with Gasteiger partial charge < -0.3 is 14.2 Å². The van der Waals surface area contributed by atoms with Crippen molar-refractivity contribution in [3.63, 3.8) is 0 Å². The molecular weight excluding hydrogens is 436 g/mol. The lowest BCUT2D eigenvalue weighted by atomic mass is 10.1. The Morgan fingerprint density at radius 1 is 1.29 bits per heavy atom. The summed E-state index contributed by atoms with van der Waals surface area (Å²) in [4.78, 5) is 19.8. The van der Waals surface area contributed by atoms with Crippen LogP contribution in [0.3, 0.4) is 0 Å². The molecule has 1 fully saturated rings. The lowest BCUT2D eigenvalue weighted by Gasteiger charge is -2.23. The Morgan fingerprint density at radius 3 is 2.77 bits per heavy atom. The molecule has 0 spiro atoms. The SMILES string of the molecule is CCOc1ccc(CC(=O)N(CC2CCCO2)c2nc3c(OC)ccc(Cl)c3s2)cc1. The number of carbonyl (C=O) groups is 1. The van der Waals surface area contributed by atoms with Crippen LogP contribution in [0.25, 0.3) is 10.2 Å². The molecule has 1 aromatic heterocycles. The van der Waals surface area contributed by atoms with E-state index in [4.69, 9.17) is 30.8 Å². The molecule has 0 N–H and O–H groups in total. The summed E-state index contributed by atoms with van der Waals surface area (Å²) in [5.41, 5.74) is 1.59. The molecule has 2 aromatic carbocycles. The molecule has 0 radical (unpaired) electrons. The molecule has 6 nitrogen and oxygen atoms in total.